The fourth-order valence-corrected chi connectivity index (χ4v) is 3.72. The van der Waals surface area contributed by atoms with Crippen LogP contribution in [0, 0.1) is 25.2 Å². The van der Waals surface area contributed by atoms with Crippen LogP contribution in [-0.2, 0) is 18.4 Å². The highest BCUT2D eigenvalue weighted by atomic mass is 16.5. The summed E-state index contributed by atoms with van der Waals surface area (Å²) in [7, 11) is 1.74. The number of carbonyl (C=O) groups excluding carboxylic acids is 1. The van der Waals surface area contributed by atoms with Gasteiger partial charge in [0.1, 0.15) is 29.7 Å². The average molecular weight is 479 g/mol. The lowest BCUT2D eigenvalue weighted by Gasteiger charge is -2.07. The van der Waals surface area contributed by atoms with E-state index in [2.05, 4.69) is 5.32 Å². The summed E-state index contributed by atoms with van der Waals surface area (Å²) >= 11 is 0. The molecule has 4 rings (SSSR count). The molecule has 0 spiro atoms. The Morgan fingerprint density at radius 2 is 1.67 bits per heavy atom. The van der Waals surface area contributed by atoms with Crippen molar-refractivity contribution in [2.45, 2.75) is 20.5 Å². The topological polar surface area (TPSA) is 89.0 Å². The van der Waals surface area contributed by atoms with E-state index in [-0.39, 0.29) is 16.8 Å². The minimum atomic E-state index is -0.650. The minimum Gasteiger partial charge on any atom is -0.489 e. The Morgan fingerprint density at radius 3 is 2.31 bits per heavy atom. The molecule has 0 aliphatic heterocycles. The number of anilines is 1. The van der Waals surface area contributed by atoms with Crippen LogP contribution in [0.5, 0.6) is 5.75 Å². The van der Waals surface area contributed by atoms with Gasteiger partial charge in [0, 0.05) is 7.05 Å². The summed E-state index contributed by atoms with van der Waals surface area (Å²) in [6.07, 6.45) is 1.48. The molecule has 1 aromatic heterocycles. The van der Waals surface area contributed by atoms with Crippen molar-refractivity contribution in [1.82, 2.24) is 9.36 Å². The second kappa shape index (κ2) is 10.6. The monoisotopic (exact) mass is 478 g/mol. The summed E-state index contributed by atoms with van der Waals surface area (Å²) in [4.78, 5) is 25.9. The Labute approximate surface area is 209 Å². The van der Waals surface area contributed by atoms with Crippen molar-refractivity contribution in [3.05, 3.63) is 117 Å². The molecule has 1 amide bonds. The van der Waals surface area contributed by atoms with E-state index in [1.807, 2.05) is 55.5 Å². The van der Waals surface area contributed by atoms with Gasteiger partial charge in [-0.25, -0.2) is 4.68 Å². The summed E-state index contributed by atoms with van der Waals surface area (Å²) in [6, 6.07) is 26.3. The molecule has 1 N–H and O–H groups in total. The Bertz CT molecular complexity index is 1500. The first kappa shape index (κ1) is 24.3. The van der Waals surface area contributed by atoms with Crippen molar-refractivity contribution in [2.24, 2.45) is 7.05 Å². The van der Waals surface area contributed by atoms with E-state index < -0.39 is 5.91 Å². The Kier molecular flexibility index (Phi) is 7.17. The summed E-state index contributed by atoms with van der Waals surface area (Å²) in [5, 5.41) is 12.2. The van der Waals surface area contributed by atoms with E-state index >= 15 is 0 Å². The molecule has 4 aromatic rings. The zero-order valence-electron chi connectivity index (χ0n) is 20.4. The maximum atomic E-state index is 13.0. The molecule has 0 aliphatic rings. The summed E-state index contributed by atoms with van der Waals surface area (Å²) in [5.74, 6) is 0.0280. The average Bonchev–Trinajstić information content (AvgIpc) is 3.11. The normalized spacial score (nSPS) is 11.1. The molecule has 0 bridgehead atoms. The second-order valence-electron chi connectivity index (χ2n) is 8.40. The molecule has 0 saturated carbocycles. The van der Waals surface area contributed by atoms with Crippen LogP contribution in [0.25, 0.3) is 11.8 Å². The van der Waals surface area contributed by atoms with Gasteiger partial charge in [-0.15, -0.1) is 0 Å². The van der Waals surface area contributed by atoms with Crippen LogP contribution in [0.2, 0.25) is 0 Å². The van der Waals surface area contributed by atoms with Gasteiger partial charge >= 0.3 is 0 Å². The number of hydrogen-bond donors (Lipinski definition) is 1. The standard InChI is InChI=1S/C29H26N4O3/c1-20-9-11-23(12-10-20)19-36-26-15-13-22(14-16-26)17-24(18-30)28(34)31-27-21(2)32(3)33(29(27)35)25-7-5-4-6-8-25/h4-17H,19H2,1-3H3,(H,31,34)/b24-17+. The van der Waals surface area contributed by atoms with Crippen LogP contribution < -0.4 is 15.6 Å². The van der Waals surface area contributed by atoms with Crippen molar-refractivity contribution in [1.29, 1.82) is 5.26 Å². The quantitative estimate of drug-likeness (QED) is 0.302. The number of para-hydroxylation sites is 1. The van der Waals surface area contributed by atoms with Crippen LogP contribution in [0.1, 0.15) is 22.4 Å². The molecule has 180 valence electrons. The Morgan fingerprint density at radius 1 is 1.00 bits per heavy atom. The third-order valence-corrected chi connectivity index (χ3v) is 5.88. The fraction of sp³-hybridized carbons (Fsp3) is 0.138. The first-order valence-electron chi connectivity index (χ1n) is 11.4. The molecule has 0 radical (unpaired) electrons. The Balaban J connectivity index is 1.48. The highest BCUT2D eigenvalue weighted by Gasteiger charge is 2.19. The fourth-order valence-electron chi connectivity index (χ4n) is 3.72. The van der Waals surface area contributed by atoms with Gasteiger partial charge in [-0.1, -0.05) is 60.2 Å². The number of carbonyl (C=O) groups is 1. The van der Waals surface area contributed by atoms with Crippen LogP contribution >= 0.6 is 0 Å². The van der Waals surface area contributed by atoms with Crippen LogP contribution in [0.4, 0.5) is 5.69 Å². The van der Waals surface area contributed by atoms with Crippen molar-refractivity contribution in [3.8, 4) is 17.5 Å². The number of benzene rings is 3. The lowest BCUT2D eigenvalue weighted by Crippen LogP contribution is -2.23. The molecule has 3 aromatic carbocycles. The summed E-state index contributed by atoms with van der Waals surface area (Å²) in [5.41, 5.74) is 3.81. The first-order chi connectivity index (χ1) is 17.4. The third-order valence-electron chi connectivity index (χ3n) is 5.88. The van der Waals surface area contributed by atoms with Gasteiger partial charge < -0.3 is 10.1 Å². The molecule has 1 heterocycles. The lowest BCUT2D eigenvalue weighted by atomic mass is 10.1. The van der Waals surface area contributed by atoms with Crippen molar-refractivity contribution in [3.63, 3.8) is 0 Å². The van der Waals surface area contributed by atoms with Gasteiger partial charge in [-0.3, -0.25) is 14.3 Å². The number of aryl methyl sites for hydroxylation is 1. The Hall–Kier alpha value is -4.83. The highest BCUT2D eigenvalue weighted by Crippen LogP contribution is 2.18. The van der Waals surface area contributed by atoms with Crippen LogP contribution in [0.15, 0.2) is 89.2 Å². The van der Waals surface area contributed by atoms with Crippen molar-refractivity contribution in [2.75, 3.05) is 5.32 Å². The molecule has 7 heteroatoms. The number of amides is 1. The van der Waals surface area contributed by atoms with Gasteiger partial charge in [0.25, 0.3) is 11.5 Å². The number of rotatable bonds is 7. The summed E-state index contributed by atoms with van der Waals surface area (Å²) in [6.45, 7) is 4.22. The molecular formula is C29H26N4O3. The smallest absolute Gasteiger partial charge is 0.295 e. The summed E-state index contributed by atoms with van der Waals surface area (Å²) < 4.78 is 8.95. The van der Waals surface area contributed by atoms with Crippen LogP contribution in [-0.4, -0.2) is 15.3 Å². The number of aromatic nitrogens is 2. The molecular weight excluding hydrogens is 452 g/mol. The van der Waals surface area contributed by atoms with Gasteiger partial charge in [-0.05, 0) is 55.3 Å². The molecule has 0 saturated heterocycles. The minimum absolute atomic E-state index is 0.114. The molecule has 36 heavy (non-hydrogen) atoms. The largest absolute Gasteiger partial charge is 0.489 e. The van der Waals surface area contributed by atoms with Crippen LogP contribution in [0.3, 0.4) is 0 Å². The molecule has 0 atom stereocenters. The van der Waals surface area contributed by atoms with Crippen molar-refractivity contribution < 1.29 is 9.53 Å². The second-order valence-corrected chi connectivity index (χ2v) is 8.40. The molecule has 0 fully saturated rings. The maximum Gasteiger partial charge on any atom is 0.295 e. The SMILES string of the molecule is Cc1ccc(COc2ccc(/C=C(\C#N)C(=O)Nc3c(C)n(C)n(-c4ccccc4)c3=O)cc2)cc1. The number of nitrogens with one attached hydrogen (secondary N) is 1. The number of ether oxygens (including phenoxy) is 1. The van der Waals surface area contributed by atoms with E-state index in [1.54, 1.807) is 55.1 Å². The lowest BCUT2D eigenvalue weighted by molar-refractivity contribution is -0.112. The third kappa shape index (κ3) is 5.29. The maximum absolute atomic E-state index is 13.0. The first-order valence-corrected chi connectivity index (χ1v) is 11.4. The van der Waals surface area contributed by atoms with E-state index in [9.17, 15) is 14.9 Å². The zero-order chi connectivity index (χ0) is 25.7. The van der Waals surface area contributed by atoms with E-state index in [4.69, 9.17) is 4.74 Å². The predicted octanol–water partition coefficient (Wildman–Crippen LogP) is 4.92. The zero-order valence-corrected chi connectivity index (χ0v) is 20.4. The van der Waals surface area contributed by atoms with Gasteiger partial charge in [-0.2, -0.15) is 5.26 Å². The number of nitriles is 1. The van der Waals surface area contributed by atoms with Crippen molar-refractivity contribution >= 4 is 17.7 Å². The number of hydrogen-bond acceptors (Lipinski definition) is 4. The van der Waals surface area contributed by atoms with Gasteiger partial charge in [0.15, 0.2) is 0 Å². The molecule has 0 unspecified atom stereocenters. The predicted molar refractivity (Wildman–Crippen MR) is 140 cm³/mol. The molecule has 7 nitrogen and oxygen atoms in total. The van der Waals surface area contributed by atoms with Gasteiger partial charge in [0.05, 0.1) is 11.4 Å². The highest BCUT2D eigenvalue weighted by molar-refractivity contribution is 6.09. The van der Waals surface area contributed by atoms with Gasteiger partial charge in [0.2, 0.25) is 0 Å². The van der Waals surface area contributed by atoms with E-state index in [0.29, 0.717) is 29.3 Å². The molecule has 0 aliphatic carbocycles. The van der Waals surface area contributed by atoms with E-state index in [0.717, 1.165) is 5.56 Å². The number of nitrogens with zero attached hydrogens (tertiary/aromatic N) is 3. The van der Waals surface area contributed by atoms with E-state index in [1.165, 1.54) is 16.3 Å².